The van der Waals surface area contributed by atoms with Crippen LogP contribution in [-0.2, 0) is 10.5 Å². The molecule has 25 heavy (non-hydrogen) atoms. The number of rotatable bonds is 2. The van der Waals surface area contributed by atoms with E-state index >= 15 is 0 Å². The van der Waals surface area contributed by atoms with Crippen molar-refractivity contribution in [3.63, 3.8) is 0 Å². The molecule has 2 atom stereocenters. The van der Waals surface area contributed by atoms with Crippen molar-refractivity contribution in [2.75, 3.05) is 19.6 Å². The minimum atomic E-state index is 0.0456. The molecule has 0 aliphatic carbocycles. The van der Waals surface area contributed by atoms with Gasteiger partial charge in [-0.1, -0.05) is 40.2 Å². The smallest absolute Gasteiger partial charge is 0.109 e. The Morgan fingerprint density at radius 2 is 1.88 bits per heavy atom. The first-order valence-corrected chi connectivity index (χ1v) is 10.9. The first-order chi connectivity index (χ1) is 12.3. The van der Waals surface area contributed by atoms with Gasteiger partial charge in [0, 0.05) is 21.7 Å². The topological polar surface area (TPSA) is 12.5 Å². The number of halogens is 1. The van der Waals surface area contributed by atoms with E-state index in [1.807, 2.05) is 11.8 Å². The van der Waals surface area contributed by atoms with Crippen LogP contribution in [0.2, 0.25) is 0 Å². The van der Waals surface area contributed by atoms with Gasteiger partial charge in [-0.2, -0.15) is 0 Å². The van der Waals surface area contributed by atoms with Crippen LogP contribution in [-0.4, -0.2) is 30.6 Å². The van der Waals surface area contributed by atoms with Gasteiger partial charge in [0.15, 0.2) is 0 Å². The molecule has 3 saturated heterocycles. The summed E-state index contributed by atoms with van der Waals surface area (Å²) in [5.41, 5.74) is 4.08. The molecule has 0 spiro atoms. The molecule has 0 amide bonds. The molecule has 6 rings (SSSR count). The van der Waals surface area contributed by atoms with E-state index in [0.29, 0.717) is 6.10 Å². The maximum absolute atomic E-state index is 6.88. The summed E-state index contributed by atoms with van der Waals surface area (Å²) in [6.45, 7) is 3.60. The molecule has 2 nitrogen and oxygen atoms in total. The van der Waals surface area contributed by atoms with Crippen LogP contribution in [0.1, 0.15) is 35.6 Å². The maximum Gasteiger partial charge on any atom is 0.109 e. The highest BCUT2D eigenvalue weighted by molar-refractivity contribution is 9.10. The van der Waals surface area contributed by atoms with Crippen molar-refractivity contribution in [3.05, 3.63) is 63.6 Å². The molecule has 3 fully saturated rings. The summed E-state index contributed by atoms with van der Waals surface area (Å²) in [6, 6.07) is 15.5. The second kappa shape index (κ2) is 6.73. The molecule has 0 N–H and O–H groups in total. The average molecular weight is 416 g/mol. The van der Waals surface area contributed by atoms with Crippen molar-refractivity contribution in [2.24, 2.45) is 5.92 Å². The Bertz CT molecular complexity index is 787. The summed E-state index contributed by atoms with van der Waals surface area (Å²) >= 11 is 5.60. The van der Waals surface area contributed by atoms with Crippen molar-refractivity contribution in [2.45, 2.75) is 35.7 Å². The minimum Gasteiger partial charge on any atom is -0.364 e. The molecule has 4 aliphatic heterocycles. The summed E-state index contributed by atoms with van der Waals surface area (Å²) in [5.74, 6) is 1.74. The molecule has 0 radical (unpaired) electrons. The zero-order valence-electron chi connectivity index (χ0n) is 14.2. The first kappa shape index (κ1) is 16.4. The summed E-state index contributed by atoms with van der Waals surface area (Å²) in [7, 11) is 0. The van der Waals surface area contributed by atoms with E-state index in [4.69, 9.17) is 4.74 Å². The molecule has 2 unspecified atom stereocenters. The number of hydrogen-bond acceptors (Lipinski definition) is 3. The third-order valence-electron chi connectivity index (χ3n) is 5.88. The van der Waals surface area contributed by atoms with Crippen molar-refractivity contribution in [1.82, 2.24) is 4.90 Å². The summed E-state index contributed by atoms with van der Waals surface area (Å²) < 4.78 is 8.01. The summed E-state index contributed by atoms with van der Waals surface area (Å²) in [6.07, 6.45) is 2.98. The number of benzene rings is 2. The lowest BCUT2D eigenvalue weighted by Crippen LogP contribution is -2.51. The van der Waals surface area contributed by atoms with Gasteiger partial charge in [0.25, 0.3) is 0 Å². The van der Waals surface area contributed by atoms with E-state index in [-0.39, 0.29) is 6.10 Å². The fourth-order valence-corrected chi connectivity index (χ4v) is 5.94. The van der Waals surface area contributed by atoms with E-state index in [1.165, 1.54) is 47.5 Å². The van der Waals surface area contributed by atoms with Crippen LogP contribution >= 0.6 is 27.7 Å². The number of fused-ring (bicyclic) bond motifs is 5. The first-order valence-electron chi connectivity index (χ1n) is 9.16. The predicted octanol–water partition coefficient (Wildman–Crippen LogP) is 5.26. The molecule has 130 valence electrons. The Balaban J connectivity index is 1.56. The third kappa shape index (κ3) is 3.08. The van der Waals surface area contributed by atoms with Crippen molar-refractivity contribution < 1.29 is 4.74 Å². The number of piperidine rings is 3. The van der Waals surface area contributed by atoms with E-state index in [1.54, 1.807) is 0 Å². The molecule has 2 aromatic carbocycles. The van der Waals surface area contributed by atoms with Gasteiger partial charge in [0.2, 0.25) is 0 Å². The highest BCUT2D eigenvalue weighted by Gasteiger charge is 2.37. The number of ether oxygens (including phenoxy) is 1. The number of nitrogens with zero attached hydrogens (tertiary/aromatic N) is 1. The molecular weight excluding hydrogens is 394 g/mol. The number of hydrogen-bond donors (Lipinski definition) is 0. The quantitative estimate of drug-likeness (QED) is 0.663. The lowest BCUT2D eigenvalue weighted by atomic mass is 9.85. The van der Waals surface area contributed by atoms with E-state index in [0.717, 1.165) is 22.7 Å². The molecule has 2 aromatic rings. The molecular formula is C21H22BrNOS. The minimum absolute atomic E-state index is 0.0456. The fourth-order valence-electron chi connectivity index (χ4n) is 4.49. The monoisotopic (exact) mass is 415 g/mol. The normalized spacial score (nSPS) is 30.4. The van der Waals surface area contributed by atoms with Gasteiger partial charge >= 0.3 is 0 Å². The molecule has 0 aromatic heterocycles. The van der Waals surface area contributed by atoms with Crippen molar-refractivity contribution in [1.29, 1.82) is 0 Å². The van der Waals surface area contributed by atoms with Crippen LogP contribution in [0.5, 0.6) is 0 Å². The lowest BCUT2D eigenvalue weighted by Gasteiger charge is -2.45. The molecule has 0 saturated carbocycles. The molecule has 4 heteroatoms. The van der Waals surface area contributed by atoms with Crippen LogP contribution in [0.15, 0.2) is 51.8 Å². The van der Waals surface area contributed by atoms with Crippen LogP contribution in [0.3, 0.4) is 0 Å². The highest BCUT2D eigenvalue weighted by atomic mass is 79.9. The average Bonchev–Trinajstić information content (AvgIpc) is 2.80. The Morgan fingerprint density at radius 3 is 2.68 bits per heavy atom. The van der Waals surface area contributed by atoms with Crippen molar-refractivity contribution in [3.8, 4) is 0 Å². The van der Waals surface area contributed by atoms with Crippen LogP contribution in [0.4, 0.5) is 0 Å². The van der Waals surface area contributed by atoms with Crippen LogP contribution in [0, 0.1) is 5.92 Å². The molecule has 4 heterocycles. The molecule has 2 bridgehead atoms. The Morgan fingerprint density at radius 1 is 1.04 bits per heavy atom. The predicted molar refractivity (Wildman–Crippen MR) is 106 cm³/mol. The van der Waals surface area contributed by atoms with E-state index in [2.05, 4.69) is 63.3 Å². The Hall–Kier alpha value is -0.810. The summed E-state index contributed by atoms with van der Waals surface area (Å²) in [5, 5.41) is 0. The van der Waals surface area contributed by atoms with Gasteiger partial charge in [-0.25, -0.2) is 0 Å². The zero-order chi connectivity index (χ0) is 16.8. The Labute approximate surface area is 162 Å². The van der Waals surface area contributed by atoms with Gasteiger partial charge in [-0.15, -0.1) is 11.8 Å². The van der Waals surface area contributed by atoms with Gasteiger partial charge in [0.1, 0.15) is 6.10 Å². The van der Waals surface area contributed by atoms with E-state index < -0.39 is 0 Å². The van der Waals surface area contributed by atoms with Gasteiger partial charge in [0.05, 0.1) is 6.10 Å². The maximum atomic E-state index is 6.88. The van der Waals surface area contributed by atoms with Gasteiger partial charge in [-0.05, 0) is 66.7 Å². The van der Waals surface area contributed by atoms with Gasteiger partial charge < -0.3 is 9.64 Å². The second-order valence-electron chi connectivity index (χ2n) is 7.36. The fraction of sp³-hybridized carbons (Fsp3) is 0.429. The molecule has 4 aliphatic rings. The van der Waals surface area contributed by atoms with Crippen LogP contribution < -0.4 is 0 Å². The Kier molecular flexibility index (Phi) is 4.41. The SMILES string of the molecule is Brc1ccc2c(c1)C(OC1CN3CCC1CC3)c1ccccc1CS2. The highest BCUT2D eigenvalue weighted by Crippen LogP contribution is 2.44. The van der Waals surface area contributed by atoms with Gasteiger partial charge in [-0.3, -0.25) is 0 Å². The summed E-state index contributed by atoms with van der Waals surface area (Å²) in [4.78, 5) is 3.93. The van der Waals surface area contributed by atoms with Crippen molar-refractivity contribution >= 4 is 27.7 Å². The standard InChI is InChI=1S/C21H22BrNOS/c22-16-5-6-20-18(11-16)21(17-4-2-1-3-15(17)13-25-20)24-19-12-23-9-7-14(19)8-10-23/h1-6,11,14,19,21H,7-10,12-13H2. The number of thioether (sulfide) groups is 1. The zero-order valence-corrected chi connectivity index (χ0v) is 16.6. The second-order valence-corrected chi connectivity index (χ2v) is 9.30. The third-order valence-corrected chi connectivity index (χ3v) is 7.51. The van der Waals surface area contributed by atoms with Crippen LogP contribution in [0.25, 0.3) is 0 Å². The van der Waals surface area contributed by atoms with E-state index in [9.17, 15) is 0 Å². The largest absolute Gasteiger partial charge is 0.364 e. The lowest BCUT2D eigenvalue weighted by molar-refractivity contribution is -0.0933.